The number of hydrogen-bond acceptors (Lipinski definition) is 5. The highest BCUT2D eigenvalue weighted by atomic mass is 16.4. The van der Waals surface area contributed by atoms with Crippen molar-refractivity contribution in [1.29, 1.82) is 0 Å². The summed E-state index contributed by atoms with van der Waals surface area (Å²) in [6, 6.07) is 18.0. The number of nitrogens with zero attached hydrogens (tertiary/aromatic N) is 3. The molecule has 0 spiro atoms. The fourth-order valence-electron chi connectivity index (χ4n) is 2.04. The van der Waals surface area contributed by atoms with E-state index in [1.807, 2.05) is 54.4 Å². The maximum absolute atomic E-state index is 5.71. The molecule has 1 heterocycles. The number of nitrogen functional groups attached to an aromatic ring is 1. The van der Waals surface area contributed by atoms with Gasteiger partial charge in [-0.15, -0.1) is 5.10 Å². The van der Waals surface area contributed by atoms with Crippen molar-refractivity contribution in [2.75, 3.05) is 17.7 Å². The summed E-state index contributed by atoms with van der Waals surface area (Å²) in [4.78, 5) is 1.92. The van der Waals surface area contributed by atoms with Gasteiger partial charge in [0.05, 0.1) is 0 Å². The molecule has 0 fully saturated rings. The predicted molar refractivity (Wildman–Crippen MR) is 82.7 cm³/mol. The van der Waals surface area contributed by atoms with Gasteiger partial charge in [0.1, 0.15) is 0 Å². The van der Waals surface area contributed by atoms with Gasteiger partial charge in [-0.3, -0.25) is 0 Å². The molecule has 3 aromatic rings. The van der Waals surface area contributed by atoms with Crippen LogP contribution in [-0.4, -0.2) is 17.2 Å². The third kappa shape index (κ3) is 3.02. The van der Waals surface area contributed by atoms with E-state index in [-0.39, 0.29) is 0 Å². The highest BCUT2D eigenvalue weighted by Gasteiger charge is 2.12. The van der Waals surface area contributed by atoms with Crippen LogP contribution >= 0.6 is 0 Å². The molecule has 0 bridgehead atoms. The molecule has 0 radical (unpaired) electrons. The van der Waals surface area contributed by atoms with Gasteiger partial charge in [0.2, 0.25) is 5.89 Å². The maximum atomic E-state index is 5.71. The number of rotatable bonds is 4. The fourth-order valence-corrected chi connectivity index (χ4v) is 2.04. The molecule has 0 atom stereocenters. The second kappa shape index (κ2) is 5.66. The topological polar surface area (TPSA) is 68.2 Å². The van der Waals surface area contributed by atoms with Crippen LogP contribution in [-0.2, 0) is 6.54 Å². The van der Waals surface area contributed by atoms with E-state index < -0.39 is 0 Å². The first-order chi connectivity index (χ1) is 10.2. The molecular weight excluding hydrogens is 264 g/mol. The Kier molecular flexibility index (Phi) is 3.55. The van der Waals surface area contributed by atoms with E-state index >= 15 is 0 Å². The van der Waals surface area contributed by atoms with Gasteiger partial charge in [0.25, 0.3) is 0 Å². The number of hydrogen-bond donors (Lipinski definition) is 1. The zero-order valence-electron chi connectivity index (χ0n) is 11.7. The Labute approximate surface area is 123 Å². The van der Waals surface area contributed by atoms with Crippen LogP contribution in [0.25, 0.3) is 11.5 Å². The highest BCUT2D eigenvalue weighted by molar-refractivity contribution is 5.57. The first-order valence-corrected chi connectivity index (χ1v) is 6.67. The summed E-state index contributed by atoms with van der Waals surface area (Å²) in [7, 11) is 1.92. The van der Waals surface area contributed by atoms with Crippen LogP contribution in [0.1, 0.15) is 5.56 Å². The van der Waals surface area contributed by atoms with Crippen LogP contribution in [0, 0.1) is 0 Å². The SMILES string of the molecule is CN(Cc1ccccc1)c1nnc(-c2ccc(N)cc2)o1. The van der Waals surface area contributed by atoms with E-state index in [2.05, 4.69) is 22.3 Å². The van der Waals surface area contributed by atoms with Gasteiger partial charge in [0, 0.05) is 24.8 Å². The van der Waals surface area contributed by atoms with Gasteiger partial charge in [-0.1, -0.05) is 35.4 Å². The summed E-state index contributed by atoms with van der Waals surface area (Å²) >= 11 is 0. The normalized spacial score (nSPS) is 10.5. The van der Waals surface area contributed by atoms with Gasteiger partial charge in [-0.25, -0.2) is 0 Å². The molecule has 1 aromatic heterocycles. The molecule has 21 heavy (non-hydrogen) atoms. The van der Waals surface area contributed by atoms with Gasteiger partial charge in [0.15, 0.2) is 0 Å². The number of nitrogens with two attached hydrogens (primary N) is 1. The second-order valence-electron chi connectivity index (χ2n) is 4.85. The van der Waals surface area contributed by atoms with Crippen LogP contribution in [0.3, 0.4) is 0 Å². The molecule has 0 unspecified atom stereocenters. The van der Waals surface area contributed by atoms with E-state index in [0.717, 1.165) is 5.56 Å². The molecule has 0 saturated heterocycles. The summed E-state index contributed by atoms with van der Waals surface area (Å²) in [5.41, 5.74) is 8.42. The minimum absolute atomic E-state index is 0.491. The minimum atomic E-state index is 0.491. The van der Waals surface area contributed by atoms with Crippen molar-refractivity contribution >= 4 is 11.7 Å². The molecular formula is C16H16N4O. The fraction of sp³-hybridized carbons (Fsp3) is 0.125. The van der Waals surface area contributed by atoms with Crippen LogP contribution in [0.15, 0.2) is 59.0 Å². The monoisotopic (exact) mass is 280 g/mol. The summed E-state index contributed by atoms with van der Waals surface area (Å²) in [6.07, 6.45) is 0. The van der Waals surface area contributed by atoms with E-state index in [9.17, 15) is 0 Å². The molecule has 2 aromatic carbocycles. The Morgan fingerprint density at radius 3 is 2.43 bits per heavy atom. The molecule has 3 rings (SSSR count). The first kappa shape index (κ1) is 13.2. The van der Waals surface area contributed by atoms with Crippen molar-refractivity contribution in [3.05, 3.63) is 60.2 Å². The number of anilines is 2. The summed E-state index contributed by atoms with van der Waals surface area (Å²) in [5.74, 6) is 0.491. The molecule has 0 amide bonds. The number of aromatic nitrogens is 2. The van der Waals surface area contributed by atoms with E-state index in [1.54, 1.807) is 0 Å². The average Bonchev–Trinajstić information content (AvgIpc) is 2.99. The van der Waals surface area contributed by atoms with E-state index in [1.165, 1.54) is 5.56 Å². The van der Waals surface area contributed by atoms with E-state index in [0.29, 0.717) is 24.1 Å². The average molecular weight is 280 g/mol. The lowest BCUT2D eigenvalue weighted by atomic mass is 10.2. The number of benzene rings is 2. The molecule has 0 saturated carbocycles. The van der Waals surface area contributed by atoms with Crippen molar-refractivity contribution in [2.24, 2.45) is 0 Å². The van der Waals surface area contributed by atoms with Crippen molar-refractivity contribution in [3.8, 4) is 11.5 Å². The molecule has 0 aliphatic carbocycles. The van der Waals surface area contributed by atoms with Gasteiger partial charge in [-0.05, 0) is 29.8 Å². The third-order valence-electron chi connectivity index (χ3n) is 3.16. The standard InChI is InChI=1S/C16H16N4O/c1-20(11-12-5-3-2-4-6-12)16-19-18-15(21-16)13-7-9-14(17)10-8-13/h2-10H,11,17H2,1H3. The summed E-state index contributed by atoms with van der Waals surface area (Å²) < 4.78 is 5.71. The largest absolute Gasteiger partial charge is 0.403 e. The van der Waals surface area contributed by atoms with Crippen LogP contribution in [0.2, 0.25) is 0 Å². The molecule has 0 aliphatic heterocycles. The lowest BCUT2D eigenvalue weighted by molar-refractivity contribution is 0.555. The Bertz CT molecular complexity index is 707. The van der Waals surface area contributed by atoms with Crippen molar-refractivity contribution in [1.82, 2.24) is 10.2 Å². The Morgan fingerprint density at radius 2 is 1.71 bits per heavy atom. The Morgan fingerprint density at radius 1 is 1.00 bits per heavy atom. The molecule has 0 aliphatic rings. The molecule has 5 nitrogen and oxygen atoms in total. The van der Waals surface area contributed by atoms with Gasteiger partial charge >= 0.3 is 6.01 Å². The van der Waals surface area contributed by atoms with Crippen LogP contribution in [0.5, 0.6) is 0 Å². The minimum Gasteiger partial charge on any atom is -0.403 e. The highest BCUT2D eigenvalue weighted by Crippen LogP contribution is 2.22. The smallest absolute Gasteiger partial charge is 0.318 e. The summed E-state index contributed by atoms with van der Waals surface area (Å²) in [5, 5.41) is 8.17. The quantitative estimate of drug-likeness (QED) is 0.744. The molecule has 106 valence electrons. The Hall–Kier alpha value is -2.82. The lowest BCUT2D eigenvalue weighted by Crippen LogP contribution is -2.16. The second-order valence-corrected chi connectivity index (χ2v) is 4.85. The molecule has 5 heteroatoms. The zero-order valence-corrected chi connectivity index (χ0v) is 11.7. The first-order valence-electron chi connectivity index (χ1n) is 6.67. The Balaban J connectivity index is 1.76. The maximum Gasteiger partial charge on any atom is 0.318 e. The van der Waals surface area contributed by atoms with Crippen molar-refractivity contribution in [2.45, 2.75) is 6.54 Å². The van der Waals surface area contributed by atoms with E-state index in [4.69, 9.17) is 10.2 Å². The van der Waals surface area contributed by atoms with Crippen molar-refractivity contribution < 1.29 is 4.42 Å². The summed E-state index contributed by atoms with van der Waals surface area (Å²) in [6.45, 7) is 0.713. The van der Waals surface area contributed by atoms with Gasteiger partial charge < -0.3 is 15.1 Å². The van der Waals surface area contributed by atoms with Gasteiger partial charge in [-0.2, -0.15) is 0 Å². The van der Waals surface area contributed by atoms with Crippen LogP contribution in [0.4, 0.5) is 11.7 Å². The van der Waals surface area contributed by atoms with Crippen LogP contribution < -0.4 is 10.6 Å². The lowest BCUT2D eigenvalue weighted by Gasteiger charge is -2.13. The predicted octanol–water partition coefficient (Wildman–Crippen LogP) is 2.96. The van der Waals surface area contributed by atoms with Crippen molar-refractivity contribution in [3.63, 3.8) is 0 Å². The molecule has 2 N–H and O–H groups in total. The zero-order chi connectivity index (χ0) is 14.7. The third-order valence-corrected chi connectivity index (χ3v) is 3.16.